The lowest BCUT2D eigenvalue weighted by Crippen LogP contribution is -2.25. The van der Waals surface area contributed by atoms with Crippen molar-refractivity contribution in [3.05, 3.63) is 82.4 Å². The normalized spacial score (nSPS) is 14.1. The minimum atomic E-state index is -0.389. The number of hydrogen-bond donors (Lipinski definition) is 0. The van der Waals surface area contributed by atoms with E-state index in [-0.39, 0.29) is 11.9 Å². The number of carbonyl (C=O) groups is 2. The van der Waals surface area contributed by atoms with E-state index in [2.05, 4.69) is 13.8 Å². The van der Waals surface area contributed by atoms with Crippen molar-refractivity contribution in [1.82, 2.24) is 0 Å². The average molecular weight is 545 g/mol. The van der Waals surface area contributed by atoms with Gasteiger partial charge in [-0.05, 0) is 61.9 Å². The van der Waals surface area contributed by atoms with E-state index in [1.807, 2.05) is 48.5 Å². The molecule has 212 valence electrons. The van der Waals surface area contributed by atoms with Crippen LogP contribution in [-0.4, -0.2) is 31.4 Å². The van der Waals surface area contributed by atoms with Gasteiger partial charge >= 0.3 is 0 Å². The lowest BCUT2D eigenvalue weighted by atomic mass is 9.97. The predicted octanol–water partition coefficient (Wildman–Crippen LogP) is 7.11. The molecule has 0 spiro atoms. The quantitative estimate of drug-likeness (QED) is 0.115. The summed E-state index contributed by atoms with van der Waals surface area (Å²) in [5, 5.41) is 0. The van der Waals surface area contributed by atoms with Crippen LogP contribution in [0.2, 0.25) is 0 Å². The lowest BCUT2D eigenvalue weighted by molar-refractivity contribution is -0.114. The SMILES string of the molecule is CCCc1c(OCCCOc2ccc(C(C)=O)c(OCc3ccccc3)c2CCC)ccc2c1OC(C=O)CC2. The molecule has 0 bridgehead atoms. The standard InChI is InChI=1S/C34H40O6/c1-4-10-29-31(18-15-26-14-16-27(22-35)40-33(26)29)37-20-9-21-38-32-19-17-28(24(3)36)34(30(32)11-5-2)39-23-25-12-7-6-8-13-25/h6-8,12-13,15,17-19,22,27H,4-5,9-11,14,16,20-21,23H2,1-3H3. The molecule has 4 rings (SSSR count). The van der Waals surface area contributed by atoms with E-state index in [0.29, 0.717) is 44.0 Å². The van der Waals surface area contributed by atoms with Crippen LogP contribution in [-0.2, 0) is 30.7 Å². The van der Waals surface area contributed by atoms with Crippen molar-refractivity contribution in [2.24, 2.45) is 0 Å². The first-order valence-corrected chi connectivity index (χ1v) is 14.4. The van der Waals surface area contributed by atoms with Gasteiger partial charge in [0, 0.05) is 17.5 Å². The van der Waals surface area contributed by atoms with Gasteiger partial charge in [0.1, 0.15) is 29.6 Å². The van der Waals surface area contributed by atoms with Crippen molar-refractivity contribution in [2.45, 2.75) is 78.4 Å². The summed E-state index contributed by atoms with van der Waals surface area (Å²) >= 11 is 0. The summed E-state index contributed by atoms with van der Waals surface area (Å²) in [4.78, 5) is 23.7. The van der Waals surface area contributed by atoms with Crippen LogP contribution < -0.4 is 18.9 Å². The number of aldehydes is 1. The largest absolute Gasteiger partial charge is 0.493 e. The number of ether oxygens (including phenoxy) is 4. The first kappa shape index (κ1) is 29.2. The van der Waals surface area contributed by atoms with E-state index < -0.39 is 0 Å². The molecule has 3 aromatic carbocycles. The summed E-state index contributed by atoms with van der Waals surface area (Å²) in [7, 11) is 0. The lowest BCUT2D eigenvalue weighted by Gasteiger charge is -2.26. The summed E-state index contributed by atoms with van der Waals surface area (Å²) in [6.45, 7) is 7.13. The topological polar surface area (TPSA) is 71.1 Å². The summed E-state index contributed by atoms with van der Waals surface area (Å²) in [5.41, 5.74) is 4.72. The fourth-order valence-corrected chi connectivity index (χ4v) is 5.05. The van der Waals surface area contributed by atoms with Gasteiger partial charge in [-0.3, -0.25) is 9.59 Å². The van der Waals surface area contributed by atoms with Crippen LogP contribution in [0.25, 0.3) is 0 Å². The van der Waals surface area contributed by atoms with Gasteiger partial charge in [-0.15, -0.1) is 0 Å². The monoisotopic (exact) mass is 544 g/mol. The van der Waals surface area contributed by atoms with Crippen LogP contribution in [0.4, 0.5) is 0 Å². The Hall–Kier alpha value is -3.80. The van der Waals surface area contributed by atoms with Gasteiger partial charge in [0.2, 0.25) is 0 Å². The molecule has 1 aliphatic rings. The van der Waals surface area contributed by atoms with E-state index in [1.165, 1.54) is 0 Å². The second kappa shape index (κ2) is 14.5. The van der Waals surface area contributed by atoms with Gasteiger partial charge in [0.25, 0.3) is 0 Å². The Morgan fingerprint density at radius 3 is 2.25 bits per heavy atom. The molecule has 40 heavy (non-hydrogen) atoms. The van der Waals surface area contributed by atoms with Gasteiger partial charge in [0.15, 0.2) is 18.2 Å². The van der Waals surface area contributed by atoms with E-state index in [0.717, 1.165) is 77.9 Å². The van der Waals surface area contributed by atoms with Crippen LogP contribution in [0.15, 0.2) is 54.6 Å². The Bertz CT molecular complexity index is 1280. The Labute approximate surface area is 237 Å². The van der Waals surface area contributed by atoms with E-state index in [4.69, 9.17) is 18.9 Å². The second-order valence-electron chi connectivity index (χ2n) is 10.2. The van der Waals surface area contributed by atoms with Crippen LogP contribution in [0.1, 0.15) is 79.1 Å². The highest BCUT2D eigenvalue weighted by atomic mass is 16.5. The highest BCUT2D eigenvalue weighted by Crippen LogP contribution is 2.38. The predicted molar refractivity (Wildman–Crippen MR) is 156 cm³/mol. The summed E-state index contributed by atoms with van der Waals surface area (Å²) in [6.07, 6.45) is 6.15. The van der Waals surface area contributed by atoms with Crippen molar-refractivity contribution in [3.63, 3.8) is 0 Å². The third kappa shape index (κ3) is 7.23. The Morgan fingerprint density at radius 1 is 0.900 bits per heavy atom. The fraction of sp³-hybridized carbons (Fsp3) is 0.412. The number of ketones is 1. The molecule has 0 amide bonds. The van der Waals surface area contributed by atoms with E-state index >= 15 is 0 Å². The molecule has 6 nitrogen and oxygen atoms in total. The molecule has 6 heteroatoms. The smallest absolute Gasteiger partial charge is 0.163 e. The Morgan fingerprint density at radius 2 is 1.57 bits per heavy atom. The molecule has 1 aliphatic heterocycles. The van der Waals surface area contributed by atoms with Crippen LogP contribution in [0, 0.1) is 0 Å². The van der Waals surface area contributed by atoms with Crippen LogP contribution >= 0.6 is 0 Å². The number of rotatable bonds is 15. The van der Waals surface area contributed by atoms with Crippen molar-refractivity contribution in [1.29, 1.82) is 0 Å². The number of hydrogen-bond acceptors (Lipinski definition) is 6. The van der Waals surface area contributed by atoms with Crippen molar-refractivity contribution < 1.29 is 28.5 Å². The van der Waals surface area contributed by atoms with Crippen molar-refractivity contribution in [2.75, 3.05) is 13.2 Å². The Balaban J connectivity index is 1.42. The molecule has 1 heterocycles. The maximum Gasteiger partial charge on any atom is 0.163 e. The molecule has 0 saturated carbocycles. The van der Waals surface area contributed by atoms with E-state index in [1.54, 1.807) is 13.0 Å². The molecular weight excluding hydrogens is 504 g/mol. The highest BCUT2D eigenvalue weighted by Gasteiger charge is 2.24. The zero-order valence-electron chi connectivity index (χ0n) is 23.9. The fourth-order valence-electron chi connectivity index (χ4n) is 5.05. The first-order chi connectivity index (χ1) is 19.5. The number of aryl methyl sites for hydroxylation is 1. The first-order valence-electron chi connectivity index (χ1n) is 14.4. The minimum absolute atomic E-state index is 0.0308. The van der Waals surface area contributed by atoms with Crippen molar-refractivity contribution >= 4 is 12.1 Å². The zero-order chi connectivity index (χ0) is 28.3. The molecule has 0 aliphatic carbocycles. The molecule has 0 radical (unpaired) electrons. The molecule has 0 aromatic heterocycles. The highest BCUT2D eigenvalue weighted by molar-refractivity contribution is 5.97. The molecule has 3 aromatic rings. The van der Waals surface area contributed by atoms with Gasteiger partial charge in [0.05, 0.1) is 18.8 Å². The van der Waals surface area contributed by atoms with Crippen molar-refractivity contribution in [3.8, 4) is 23.0 Å². The summed E-state index contributed by atoms with van der Waals surface area (Å²) in [5.74, 6) is 2.94. The second-order valence-corrected chi connectivity index (χ2v) is 10.2. The number of benzene rings is 3. The molecule has 1 atom stereocenters. The zero-order valence-corrected chi connectivity index (χ0v) is 23.9. The Kier molecular flexibility index (Phi) is 10.6. The number of fused-ring (bicyclic) bond motifs is 1. The minimum Gasteiger partial charge on any atom is -0.493 e. The maximum absolute atomic E-state index is 12.4. The molecule has 0 N–H and O–H groups in total. The van der Waals surface area contributed by atoms with Gasteiger partial charge < -0.3 is 18.9 Å². The number of Topliss-reactive ketones (excluding diaryl/α,β-unsaturated/α-hetero) is 1. The summed E-state index contributed by atoms with van der Waals surface area (Å²) < 4.78 is 24.6. The molecule has 1 unspecified atom stereocenters. The summed E-state index contributed by atoms with van der Waals surface area (Å²) in [6, 6.07) is 17.7. The van der Waals surface area contributed by atoms with Crippen LogP contribution in [0.3, 0.4) is 0 Å². The third-order valence-electron chi connectivity index (χ3n) is 7.04. The average Bonchev–Trinajstić information content (AvgIpc) is 2.97. The van der Waals surface area contributed by atoms with Crippen LogP contribution in [0.5, 0.6) is 23.0 Å². The molecule has 0 fully saturated rings. The maximum atomic E-state index is 12.4. The third-order valence-corrected chi connectivity index (χ3v) is 7.04. The van der Waals surface area contributed by atoms with Gasteiger partial charge in [-0.1, -0.05) is 63.1 Å². The molecule has 0 saturated heterocycles. The van der Waals surface area contributed by atoms with E-state index in [9.17, 15) is 9.59 Å². The van der Waals surface area contributed by atoms with Gasteiger partial charge in [-0.2, -0.15) is 0 Å². The number of carbonyl (C=O) groups excluding carboxylic acids is 2. The van der Waals surface area contributed by atoms with Gasteiger partial charge in [-0.25, -0.2) is 0 Å². The molecular formula is C34H40O6.